The third-order valence-electron chi connectivity index (χ3n) is 5.14. The molecule has 2 aromatic carbocycles. The van der Waals surface area contributed by atoms with E-state index in [0.717, 1.165) is 0 Å². The lowest BCUT2D eigenvalue weighted by molar-refractivity contribution is 0.00880. The van der Waals surface area contributed by atoms with Gasteiger partial charge in [0, 0.05) is 11.4 Å². The lowest BCUT2D eigenvalue weighted by atomic mass is 10.1. The first-order valence-electron chi connectivity index (χ1n) is 10.1. The number of hydrogen-bond acceptors (Lipinski definition) is 7. The van der Waals surface area contributed by atoms with Gasteiger partial charge in [0.25, 0.3) is 0 Å². The molecule has 10 heteroatoms. The Balaban J connectivity index is 1.28. The van der Waals surface area contributed by atoms with E-state index in [4.69, 9.17) is 31.2 Å². The monoisotopic (exact) mass is 457 g/mol. The van der Waals surface area contributed by atoms with E-state index < -0.39 is 18.2 Å². The minimum atomic E-state index is -0.562. The molecular formula is C22H23N3O6S. The Kier molecular flexibility index (Phi) is 6.84. The van der Waals surface area contributed by atoms with E-state index in [1.165, 1.54) is 7.11 Å². The van der Waals surface area contributed by atoms with Crippen LogP contribution in [0.25, 0.3) is 0 Å². The molecule has 1 amide bonds. The summed E-state index contributed by atoms with van der Waals surface area (Å²) < 4.78 is 21.9. The van der Waals surface area contributed by atoms with Gasteiger partial charge in [-0.05, 0) is 42.5 Å². The van der Waals surface area contributed by atoms with Crippen LogP contribution in [-0.2, 0) is 18.9 Å². The van der Waals surface area contributed by atoms with Gasteiger partial charge >= 0.3 is 12.1 Å². The molecule has 4 atom stereocenters. The van der Waals surface area contributed by atoms with Crippen molar-refractivity contribution in [2.75, 3.05) is 31.0 Å². The number of benzene rings is 2. The summed E-state index contributed by atoms with van der Waals surface area (Å²) in [5, 5.41) is 9.26. The average molecular weight is 458 g/mol. The lowest BCUT2D eigenvalue weighted by Crippen LogP contribution is -2.46. The SMILES string of the molecule is COC(=O)c1cccc(NC(=S)N[C@H]2CO[C@H]3[C@@H]2OC[C@H]3OC(=O)Nc2ccccc2)c1. The topological polar surface area (TPSA) is 107 Å². The molecule has 0 radical (unpaired) electrons. The molecule has 2 aromatic rings. The summed E-state index contributed by atoms with van der Waals surface area (Å²) in [6.07, 6.45) is -1.79. The van der Waals surface area contributed by atoms with Crippen LogP contribution in [0.2, 0.25) is 0 Å². The summed E-state index contributed by atoms with van der Waals surface area (Å²) in [4.78, 5) is 23.9. The van der Waals surface area contributed by atoms with Gasteiger partial charge in [0.05, 0.1) is 31.9 Å². The van der Waals surface area contributed by atoms with Crippen molar-refractivity contribution >= 4 is 40.8 Å². The number of carbonyl (C=O) groups excluding carboxylic acids is 2. The fourth-order valence-corrected chi connectivity index (χ4v) is 3.94. The highest BCUT2D eigenvalue weighted by Gasteiger charge is 2.49. The molecule has 9 nitrogen and oxygen atoms in total. The predicted octanol–water partition coefficient (Wildman–Crippen LogP) is 2.54. The molecule has 0 aromatic heterocycles. The number of thiocarbonyl (C=S) groups is 1. The molecule has 4 rings (SSSR count). The average Bonchev–Trinajstić information content (AvgIpc) is 3.37. The number of anilines is 2. The first kappa shape index (κ1) is 22.0. The second kappa shape index (κ2) is 9.94. The molecule has 168 valence electrons. The molecule has 0 spiro atoms. The number of fused-ring (bicyclic) bond motifs is 1. The maximum atomic E-state index is 12.2. The lowest BCUT2D eigenvalue weighted by Gasteiger charge is -2.20. The van der Waals surface area contributed by atoms with E-state index in [0.29, 0.717) is 28.7 Å². The van der Waals surface area contributed by atoms with Gasteiger partial charge in [-0.15, -0.1) is 0 Å². The van der Waals surface area contributed by atoms with E-state index in [2.05, 4.69) is 16.0 Å². The Morgan fingerprint density at radius 2 is 1.72 bits per heavy atom. The van der Waals surface area contributed by atoms with Crippen molar-refractivity contribution in [3.8, 4) is 0 Å². The van der Waals surface area contributed by atoms with E-state index >= 15 is 0 Å². The predicted molar refractivity (Wildman–Crippen MR) is 121 cm³/mol. The highest BCUT2D eigenvalue weighted by Crippen LogP contribution is 2.29. The Bertz CT molecular complexity index is 989. The molecule has 0 unspecified atom stereocenters. The molecule has 0 bridgehead atoms. The van der Waals surface area contributed by atoms with Gasteiger partial charge in [0.2, 0.25) is 0 Å². The molecule has 32 heavy (non-hydrogen) atoms. The first-order valence-corrected chi connectivity index (χ1v) is 10.5. The maximum Gasteiger partial charge on any atom is 0.412 e. The van der Waals surface area contributed by atoms with Gasteiger partial charge in [-0.1, -0.05) is 24.3 Å². The van der Waals surface area contributed by atoms with Crippen LogP contribution in [0.15, 0.2) is 54.6 Å². The van der Waals surface area contributed by atoms with Crippen LogP contribution in [0.5, 0.6) is 0 Å². The van der Waals surface area contributed by atoms with Crippen molar-refractivity contribution < 1.29 is 28.5 Å². The maximum absolute atomic E-state index is 12.2. The van der Waals surface area contributed by atoms with E-state index in [1.54, 1.807) is 36.4 Å². The van der Waals surface area contributed by atoms with Gasteiger partial charge in [0.1, 0.15) is 12.2 Å². The van der Waals surface area contributed by atoms with Crippen molar-refractivity contribution in [3.05, 3.63) is 60.2 Å². The third-order valence-corrected chi connectivity index (χ3v) is 5.36. The van der Waals surface area contributed by atoms with Gasteiger partial charge in [-0.2, -0.15) is 0 Å². The van der Waals surface area contributed by atoms with Gasteiger partial charge in [-0.25, -0.2) is 9.59 Å². The van der Waals surface area contributed by atoms with Gasteiger partial charge in [0.15, 0.2) is 11.2 Å². The molecule has 2 saturated heterocycles. The van der Waals surface area contributed by atoms with Gasteiger partial charge in [-0.3, -0.25) is 5.32 Å². The van der Waals surface area contributed by atoms with Crippen molar-refractivity contribution in [3.63, 3.8) is 0 Å². The smallest absolute Gasteiger partial charge is 0.412 e. The Morgan fingerprint density at radius 1 is 0.969 bits per heavy atom. The summed E-state index contributed by atoms with van der Waals surface area (Å²) in [6.45, 7) is 0.580. The molecule has 2 heterocycles. The molecule has 0 aliphatic carbocycles. The second-order valence-electron chi connectivity index (χ2n) is 7.31. The number of nitrogens with one attached hydrogen (secondary N) is 3. The fourth-order valence-electron chi connectivity index (χ4n) is 3.67. The van der Waals surface area contributed by atoms with E-state index in [9.17, 15) is 9.59 Å². The first-order chi connectivity index (χ1) is 15.5. The summed E-state index contributed by atoms with van der Waals surface area (Å²) >= 11 is 5.40. The number of hydrogen-bond donors (Lipinski definition) is 3. The molecule has 3 N–H and O–H groups in total. The van der Waals surface area contributed by atoms with Crippen LogP contribution in [0.3, 0.4) is 0 Å². The number of methoxy groups -OCH3 is 1. The summed E-state index contributed by atoms with van der Waals surface area (Å²) in [7, 11) is 1.33. The van der Waals surface area contributed by atoms with Gasteiger partial charge < -0.3 is 29.6 Å². The third kappa shape index (κ3) is 5.16. The van der Waals surface area contributed by atoms with Crippen LogP contribution in [0, 0.1) is 0 Å². The Morgan fingerprint density at radius 3 is 2.50 bits per heavy atom. The van der Waals surface area contributed by atoms with E-state index in [-0.39, 0.29) is 24.9 Å². The van der Waals surface area contributed by atoms with Crippen LogP contribution in [0.4, 0.5) is 16.2 Å². The zero-order valence-corrected chi connectivity index (χ0v) is 18.1. The quantitative estimate of drug-likeness (QED) is 0.461. The number of para-hydroxylation sites is 1. The highest BCUT2D eigenvalue weighted by atomic mass is 32.1. The fraction of sp³-hybridized carbons (Fsp3) is 0.318. The number of amides is 1. The van der Waals surface area contributed by atoms with Crippen LogP contribution in [0.1, 0.15) is 10.4 Å². The zero-order chi connectivity index (χ0) is 22.5. The standard InChI is InChI=1S/C22H23N3O6S/c1-28-20(26)13-6-5-9-15(10-13)23-21(32)25-16-11-29-19-17(12-30-18(16)19)31-22(27)24-14-7-3-2-4-8-14/h2-10,16-19H,11-12H2,1H3,(H,24,27)(H2,23,25,32)/t16-,17+,18+,19+/m0/s1. The van der Waals surface area contributed by atoms with Crippen LogP contribution >= 0.6 is 12.2 Å². The summed E-state index contributed by atoms with van der Waals surface area (Å²) in [5.74, 6) is -0.429. The minimum absolute atomic E-state index is 0.213. The van der Waals surface area contributed by atoms with Crippen molar-refractivity contribution in [1.29, 1.82) is 0 Å². The largest absolute Gasteiger partial charge is 0.465 e. The minimum Gasteiger partial charge on any atom is -0.465 e. The second-order valence-corrected chi connectivity index (χ2v) is 7.72. The highest BCUT2D eigenvalue weighted by molar-refractivity contribution is 7.80. The zero-order valence-electron chi connectivity index (χ0n) is 17.3. The number of esters is 1. The molecule has 0 saturated carbocycles. The van der Waals surface area contributed by atoms with Crippen molar-refractivity contribution in [2.45, 2.75) is 24.4 Å². The summed E-state index contributed by atoms with van der Waals surface area (Å²) in [6, 6.07) is 15.7. The molecule has 2 aliphatic heterocycles. The molecule has 2 fully saturated rings. The normalized spacial score (nSPS) is 23.7. The van der Waals surface area contributed by atoms with Crippen LogP contribution < -0.4 is 16.0 Å². The van der Waals surface area contributed by atoms with Crippen molar-refractivity contribution in [2.24, 2.45) is 0 Å². The molecular weight excluding hydrogens is 434 g/mol. The number of rotatable bonds is 5. The van der Waals surface area contributed by atoms with Crippen LogP contribution in [-0.4, -0.2) is 61.9 Å². The van der Waals surface area contributed by atoms with E-state index in [1.807, 2.05) is 18.2 Å². The molecule has 2 aliphatic rings. The van der Waals surface area contributed by atoms with Crippen molar-refractivity contribution in [1.82, 2.24) is 5.32 Å². The number of carbonyl (C=O) groups is 2. The Labute approximate surface area is 190 Å². The number of ether oxygens (including phenoxy) is 4. The Hall–Kier alpha value is -3.21. The summed E-state index contributed by atoms with van der Waals surface area (Å²) in [5.41, 5.74) is 1.71.